The zero-order valence-electron chi connectivity index (χ0n) is 24.3. The highest BCUT2D eigenvalue weighted by atomic mass is 32.2. The number of benzene rings is 3. The lowest BCUT2D eigenvalue weighted by atomic mass is 10.2. The highest BCUT2D eigenvalue weighted by Crippen LogP contribution is 2.44. The molecule has 0 aliphatic carbocycles. The maximum Gasteiger partial charge on any atom is 0.350 e. The van der Waals surface area contributed by atoms with Crippen molar-refractivity contribution in [3.8, 4) is 0 Å². The van der Waals surface area contributed by atoms with Gasteiger partial charge in [-0.1, -0.05) is 105 Å². The number of thioether (sulfide) groups is 1. The van der Waals surface area contributed by atoms with Crippen LogP contribution in [0.4, 0.5) is 5.82 Å². The van der Waals surface area contributed by atoms with E-state index in [1.165, 1.54) is 14.9 Å². The second-order valence-corrected chi connectivity index (χ2v) is 17.2. The van der Waals surface area contributed by atoms with Gasteiger partial charge in [-0.05, 0) is 45.6 Å². The summed E-state index contributed by atoms with van der Waals surface area (Å²) in [6.45, 7) is 7.13. The van der Waals surface area contributed by atoms with E-state index in [9.17, 15) is 15.1 Å². The molecule has 3 atom stereocenters. The minimum atomic E-state index is -2.76. The Hall–Kier alpha value is -4.15. The molecule has 0 bridgehead atoms. The quantitative estimate of drug-likeness (QED) is 0.112. The fourth-order valence-electron chi connectivity index (χ4n) is 5.69. The molecule has 220 valence electrons. The van der Waals surface area contributed by atoms with Crippen molar-refractivity contribution >= 4 is 42.2 Å². The molecule has 1 aromatic heterocycles. The lowest BCUT2D eigenvalue weighted by molar-refractivity contribution is 0.102. The molecule has 0 spiro atoms. The van der Waals surface area contributed by atoms with E-state index in [1.807, 2.05) is 18.2 Å². The standard InChI is InChI=1S/C32H34N6O3SSi/c1-32(2,3)43(25-15-9-5-10-16-25,26-17-11-6-12-18-26)41-22-24-21-27(36-37-33)30(42-24)38-20-19-28(35-31(38)40)34-29(39)23-13-7-4-8-14-23/h4-20,24,27,30H,21-22H2,1-3H3,(H,34,35,39,40)/t24-,27+,30-/m1/s1. The van der Waals surface area contributed by atoms with E-state index in [-0.39, 0.29) is 22.0 Å². The van der Waals surface area contributed by atoms with E-state index < -0.39 is 25.4 Å². The van der Waals surface area contributed by atoms with Crippen LogP contribution in [0, 0.1) is 0 Å². The van der Waals surface area contributed by atoms with Crippen molar-refractivity contribution in [3.63, 3.8) is 0 Å². The van der Waals surface area contributed by atoms with Gasteiger partial charge >= 0.3 is 5.69 Å². The first kappa shape index (κ1) is 30.3. The smallest absolute Gasteiger partial charge is 0.350 e. The SMILES string of the molecule is CC(C)(C)[Si](OC[C@H]1C[C@H](N=[N+]=[N-])[C@H](n2ccc(NC(=O)c3ccccc3)nc2=O)S1)(c1ccccc1)c1ccccc1. The van der Waals surface area contributed by atoms with Gasteiger partial charge in [0.1, 0.15) is 5.82 Å². The minimum Gasteiger partial charge on any atom is -0.406 e. The highest BCUT2D eigenvalue weighted by molar-refractivity contribution is 8.00. The maximum absolute atomic E-state index is 13.1. The number of amides is 1. The number of nitrogens with one attached hydrogen (secondary N) is 1. The Kier molecular flexibility index (Phi) is 9.17. The minimum absolute atomic E-state index is 0.0218. The molecule has 4 aromatic rings. The first-order valence-corrected chi connectivity index (χ1v) is 17.0. The first-order chi connectivity index (χ1) is 20.7. The van der Waals surface area contributed by atoms with Crippen molar-refractivity contribution in [2.75, 3.05) is 11.9 Å². The zero-order valence-corrected chi connectivity index (χ0v) is 26.1. The van der Waals surface area contributed by atoms with E-state index >= 15 is 0 Å². The molecule has 0 unspecified atom stereocenters. The second-order valence-electron chi connectivity index (χ2n) is 11.5. The molecule has 1 aliphatic heterocycles. The lowest BCUT2D eigenvalue weighted by Crippen LogP contribution is -2.67. The van der Waals surface area contributed by atoms with Gasteiger partial charge in [0, 0.05) is 28.5 Å². The van der Waals surface area contributed by atoms with Gasteiger partial charge in [0.25, 0.3) is 14.2 Å². The van der Waals surface area contributed by atoms with E-state index in [1.54, 1.807) is 48.3 Å². The molecule has 1 N–H and O–H groups in total. The monoisotopic (exact) mass is 610 g/mol. The Morgan fingerprint density at radius 2 is 1.60 bits per heavy atom. The van der Waals surface area contributed by atoms with E-state index in [0.717, 1.165) is 0 Å². The van der Waals surface area contributed by atoms with Gasteiger partial charge in [-0.25, -0.2) is 4.79 Å². The Morgan fingerprint density at radius 1 is 1.02 bits per heavy atom. The van der Waals surface area contributed by atoms with Gasteiger partial charge in [0.2, 0.25) is 0 Å². The topological polar surface area (TPSA) is 122 Å². The number of carbonyl (C=O) groups excluding carboxylic acids is 1. The zero-order chi connectivity index (χ0) is 30.5. The summed E-state index contributed by atoms with van der Waals surface area (Å²) in [5.74, 6) is -0.196. The van der Waals surface area contributed by atoms with Gasteiger partial charge in [-0.15, -0.1) is 11.8 Å². The summed E-state index contributed by atoms with van der Waals surface area (Å²) in [4.78, 5) is 32.9. The third kappa shape index (κ3) is 6.45. The van der Waals surface area contributed by atoms with Crippen LogP contribution in [0.5, 0.6) is 0 Å². The molecule has 3 aromatic carbocycles. The van der Waals surface area contributed by atoms with Crippen LogP contribution in [-0.2, 0) is 4.43 Å². The van der Waals surface area contributed by atoms with Crippen LogP contribution in [0.2, 0.25) is 5.04 Å². The summed E-state index contributed by atoms with van der Waals surface area (Å²) < 4.78 is 8.61. The average Bonchev–Trinajstić information content (AvgIpc) is 3.41. The molecule has 1 saturated heterocycles. The Balaban J connectivity index is 1.39. The normalized spacial score (nSPS) is 18.5. The third-order valence-corrected chi connectivity index (χ3v) is 14.2. The molecular formula is C32H34N6O3SSi. The number of azide groups is 1. The molecule has 11 heteroatoms. The fraction of sp³-hybridized carbons (Fsp3) is 0.281. The van der Waals surface area contributed by atoms with Crippen LogP contribution in [0.1, 0.15) is 42.9 Å². The molecule has 43 heavy (non-hydrogen) atoms. The Labute approximate surface area is 256 Å². The Morgan fingerprint density at radius 3 is 2.14 bits per heavy atom. The summed E-state index contributed by atoms with van der Waals surface area (Å²) >= 11 is 1.55. The first-order valence-electron chi connectivity index (χ1n) is 14.1. The molecule has 9 nitrogen and oxygen atoms in total. The molecule has 2 heterocycles. The van der Waals surface area contributed by atoms with Gasteiger partial charge in [0.15, 0.2) is 0 Å². The van der Waals surface area contributed by atoms with Gasteiger partial charge in [-0.2, -0.15) is 4.98 Å². The summed E-state index contributed by atoms with van der Waals surface area (Å²) in [7, 11) is -2.76. The number of anilines is 1. The predicted molar refractivity (Wildman–Crippen MR) is 174 cm³/mol. The summed E-state index contributed by atoms with van der Waals surface area (Å²) in [5.41, 5.74) is 9.27. The van der Waals surface area contributed by atoms with Crippen LogP contribution >= 0.6 is 11.8 Å². The largest absolute Gasteiger partial charge is 0.406 e. The molecule has 0 saturated carbocycles. The number of nitrogens with zero attached hydrogens (tertiary/aromatic N) is 5. The van der Waals surface area contributed by atoms with E-state index in [0.29, 0.717) is 18.6 Å². The van der Waals surface area contributed by atoms with Crippen LogP contribution < -0.4 is 21.4 Å². The van der Waals surface area contributed by atoms with Crippen molar-refractivity contribution in [3.05, 3.63) is 130 Å². The summed E-state index contributed by atoms with van der Waals surface area (Å²) in [6, 6.07) is 30.7. The molecular weight excluding hydrogens is 577 g/mol. The van der Waals surface area contributed by atoms with Crippen LogP contribution in [0.15, 0.2) is 113 Å². The lowest BCUT2D eigenvalue weighted by Gasteiger charge is -2.43. The van der Waals surface area contributed by atoms with Gasteiger partial charge in [0.05, 0.1) is 11.4 Å². The van der Waals surface area contributed by atoms with Crippen LogP contribution in [-0.4, -0.2) is 41.7 Å². The van der Waals surface area contributed by atoms with Crippen molar-refractivity contribution in [2.45, 2.75) is 48.9 Å². The predicted octanol–water partition coefficient (Wildman–Crippen LogP) is 5.76. The van der Waals surface area contributed by atoms with Crippen molar-refractivity contribution in [1.82, 2.24) is 9.55 Å². The number of rotatable bonds is 9. The number of aromatic nitrogens is 2. The third-order valence-electron chi connectivity index (χ3n) is 7.65. The fourth-order valence-corrected chi connectivity index (χ4v) is 11.9. The van der Waals surface area contributed by atoms with Crippen LogP contribution in [0.3, 0.4) is 0 Å². The van der Waals surface area contributed by atoms with Crippen molar-refractivity contribution < 1.29 is 9.22 Å². The van der Waals surface area contributed by atoms with Crippen LogP contribution in [0.25, 0.3) is 10.4 Å². The maximum atomic E-state index is 13.1. The van der Waals surface area contributed by atoms with Crippen molar-refractivity contribution in [1.29, 1.82) is 0 Å². The summed E-state index contributed by atoms with van der Waals surface area (Å²) in [5, 5.41) is 8.45. The highest BCUT2D eigenvalue weighted by Gasteiger charge is 2.51. The second kappa shape index (κ2) is 13.0. The van der Waals surface area contributed by atoms with E-state index in [2.05, 4.69) is 89.6 Å². The average molecular weight is 611 g/mol. The molecule has 1 fully saturated rings. The molecule has 1 amide bonds. The summed E-state index contributed by atoms with van der Waals surface area (Å²) in [6.07, 6.45) is 2.15. The number of hydrogen-bond donors (Lipinski definition) is 1. The van der Waals surface area contributed by atoms with Gasteiger partial charge in [-0.3, -0.25) is 9.36 Å². The number of carbonyl (C=O) groups is 1. The molecule has 5 rings (SSSR count). The van der Waals surface area contributed by atoms with Gasteiger partial charge < -0.3 is 9.74 Å². The molecule has 0 radical (unpaired) electrons. The molecule has 1 aliphatic rings. The van der Waals surface area contributed by atoms with E-state index in [4.69, 9.17) is 4.43 Å². The van der Waals surface area contributed by atoms with Crippen molar-refractivity contribution in [2.24, 2.45) is 5.11 Å². The number of hydrogen-bond acceptors (Lipinski definition) is 6. The Bertz CT molecular complexity index is 1620.